The first-order chi connectivity index (χ1) is 24.1. The number of nitrogens with one attached hydrogen (secondary N) is 2. The van der Waals surface area contributed by atoms with Crippen molar-refractivity contribution in [1.29, 1.82) is 0 Å². The summed E-state index contributed by atoms with van der Waals surface area (Å²) >= 11 is 0. The van der Waals surface area contributed by atoms with E-state index in [1.807, 2.05) is 100 Å². The third-order valence-corrected chi connectivity index (χ3v) is 8.58. The number of ether oxygens (including phenoxy) is 2. The molecule has 2 heterocycles. The number of pyridine rings is 2. The van der Waals surface area contributed by atoms with Crippen LogP contribution >= 0.6 is 0 Å². The van der Waals surface area contributed by atoms with Crippen LogP contribution in [0.5, 0.6) is 0 Å². The molecular formula is C40H50N4O6. The van der Waals surface area contributed by atoms with Crippen LogP contribution in [0.4, 0.5) is 0 Å². The van der Waals surface area contributed by atoms with Crippen LogP contribution in [0, 0.1) is 11.8 Å². The van der Waals surface area contributed by atoms with E-state index in [4.69, 9.17) is 9.47 Å². The molecule has 0 aliphatic carbocycles. The van der Waals surface area contributed by atoms with E-state index in [0.29, 0.717) is 24.2 Å². The highest BCUT2D eigenvalue weighted by Gasteiger charge is 2.38. The van der Waals surface area contributed by atoms with Crippen molar-refractivity contribution in [2.45, 2.75) is 90.1 Å². The second-order valence-electron chi connectivity index (χ2n) is 13.2. The van der Waals surface area contributed by atoms with Gasteiger partial charge in [0.15, 0.2) is 0 Å². The van der Waals surface area contributed by atoms with Crippen molar-refractivity contribution in [3.8, 4) is 0 Å². The second kappa shape index (κ2) is 19.6. The van der Waals surface area contributed by atoms with E-state index in [0.717, 1.165) is 11.1 Å². The molecule has 10 nitrogen and oxygen atoms in total. The number of hydrogen-bond donors (Lipinski definition) is 4. The molecule has 0 saturated carbocycles. The molecule has 0 spiro atoms. The number of benzene rings is 2. The third-order valence-electron chi connectivity index (χ3n) is 8.58. The Labute approximate surface area is 295 Å². The highest BCUT2D eigenvalue weighted by molar-refractivity contribution is 5.76. The summed E-state index contributed by atoms with van der Waals surface area (Å²) in [6.07, 6.45) is 1.18. The molecule has 2 aromatic heterocycles. The first-order valence-electron chi connectivity index (χ1n) is 17.2. The third kappa shape index (κ3) is 11.8. The second-order valence-corrected chi connectivity index (χ2v) is 13.2. The standard InChI is InChI=1S/C40H50N4O6/c1-27(2)35(39(47)49-25-31-19-11-13-21-41-31)43-33(23-29-15-7-5-8-16-29)37(45)38(46)34(24-30-17-9-6-10-18-30)44-36(28(3)4)40(48)50-26-32-20-12-14-22-42-32/h5-22,27-28,33-38,43-46H,23-26H2,1-4H3/t33-,34-,35?,36?,37+,38+/m0/s1. The molecule has 4 aromatic rings. The minimum atomic E-state index is -1.36. The minimum absolute atomic E-state index is 0.00913. The first-order valence-corrected chi connectivity index (χ1v) is 17.2. The van der Waals surface area contributed by atoms with Crippen LogP contribution in [-0.2, 0) is 45.1 Å². The van der Waals surface area contributed by atoms with Gasteiger partial charge in [0.2, 0.25) is 0 Å². The Morgan fingerprint density at radius 2 is 0.940 bits per heavy atom. The average molecular weight is 683 g/mol. The van der Waals surface area contributed by atoms with Gasteiger partial charge in [0, 0.05) is 24.5 Å². The molecule has 10 heteroatoms. The molecule has 2 aromatic carbocycles. The zero-order valence-electron chi connectivity index (χ0n) is 29.3. The quantitative estimate of drug-likeness (QED) is 0.105. The van der Waals surface area contributed by atoms with Crippen LogP contribution in [0.15, 0.2) is 109 Å². The van der Waals surface area contributed by atoms with Crippen molar-refractivity contribution in [3.63, 3.8) is 0 Å². The average Bonchev–Trinajstić information content (AvgIpc) is 3.13. The van der Waals surface area contributed by atoms with Crippen LogP contribution in [0.2, 0.25) is 0 Å². The van der Waals surface area contributed by atoms with Crippen molar-refractivity contribution in [2.24, 2.45) is 11.8 Å². The smallest absolute Gasteiger partial charge is 0.323 e. The van der Waals surface area contributed by atoms with Crippen LogP contribution < -0.4 is 10.6 Å². The number of aromatic nitrogens is 2. The minimum Gasteiger partial charge on any atom is -0.458 e. The molecule has 266 valence electrons. The molecule has 0 amide bonds. The molecule has 0 aliphatic heterocycles. The number of nitrogens with zero attached hydrogens (tertiary/aromatic N) is 2. The molecule has 50 heavy (non-hydrogen) atoms. The number of carbonyl (C=O) groups is 2. The number of hydrogen-bond acceptors (Lipinski definition) is 10. The molecule has 2 unspecified atom stereocenters. The van der Waals surface area contributed by atoms with E-state index >= 15 is 0 Å². The van der Waals surface area contributed by atoms with E-state index in [9.17, 15) is 19.8 Å². The number of rotatable bonds is 19. The van der Waals surface area contributed by atoms with E-state index in [1.165, 1.54) is 0 Å². The lowest BCUT2D eigenvalue weighted by Crippen LogP contribution is -2.61. The summed E-state index contributed by atoms with van der Waals surface area (Å²) in [5.41, 5.74) is 3.05. The van der Waals surface area contributed by atoms with Crippen LogP contribution in [-0.4, -0.2) is 68.5 Å². The van der Waals surface area contributed by atoms with E-state index in [1.54, 1.807) is 36.7 Å². The Hall–Kier alpha value is -4.48. The number of esters is 2. The van der Waals surface area contributed by atoms with Crippen LogP contribution in [0.25, 0.3) is 0 Å². The van der Waals surface area contributed by atoms with Gasteiger partial charge < -0.3 is 19.7 Å². The summed E-state index contributed by atoms with van der Waals surface area (Å²) < 4.78 is 11.3. The van der Waals surface area contributed by atoms with Gasteiger partial charge in [-0.3, -0.25) is 30.2 Å². The predicted octanol–water partition coefficient (Wildman–Crippen LogP) is 4.44. The molecule has 0 aliphatic rings. The van der Waals surface area contributed by atoms with Crippen LogP contribution in [0.3, 0.4) is 0 Å². The topological polar surface area (TPSA) is 143 Å². The van der Waals surface area contributed by atoms with Gasteiger partial charge >= 0.3 is 11.9 Å². The highest BCUT2D eigenvalue weighted by Crippen LogP contribution is 2.19. The Bertz CT molecular complexity index is 1440. The molecule has 0 bridgehead atoms. The van der Waals surface area contributed by atoms with Gasteiger partial charge in [0.05, 0.1) is 23.6 Å². The summed E-state index contributed by atoms with van der Waals surface area (Å²) in [5, 5.41) is 30.7. The van der Waals surface area contributed by atoms with Gasteiger partial charge in [-0.05, 0) is 60.1 Å². The lowest BCUT2D eigenvalue weighted by molar-refractivity contribution is -0.151. The monoisotopic (exact) mass is 682 g/mol. The lowest BCUT2D eigenvalue weighted by Gasteiger charge is -2.37. The fraction of sp³-hybridized carbons (Fsp3) is 0.400. The number of carbonyl (C=O) groups excluding carboxylic acids is 2. The Kier molecular flexibility index (Phi) is 15.1. The van der Waals surface area contributed by atoms with Crippen molar-refractivity contribution in [1.82, 2.24) is 20.6 Å². The predicted molar refractivity (Wildman–Crippen MR) is 191 cm³/mol. The molecule has 0 saturated heterocycles. The fourth-order valence-corrected chi connectivity index (χ4v) is 5.73. The van der Waals surface area contributed by atoms with Gasteiger partial charge in [0.25, 0.3) is 0 Å². The molecule has 6 atom stereocenters. The normalized spacial score (nSPS) is 15.1. The van der Waals surface area contributed by atoms with Crippen molar-refractivity contribution in [2.75, 3.05) is 0 Å². The van der Waals surface area contributed by atoms with Crippen LogP contribution in [0.1, 0.15) is 50.2 Å². The van der Waals surface area contributed by atoms with Crippen molar-refractivity contribution >= 4 is 11.9 Å². The summed E-state index contributed by atoms with van der Waals surface area (Å²) in [6.45, 7) is 7.60. The molecule has 4 N–H and O–H groups in total. The van der Waals surface area contributed by atoms with Gasteiger partial charge in [-0.15, -0.1) is 0 Å². The SMILES string of the molecule is CC(C)C(N[C@@H](Cc1ccccc1)[C@@H](O)[C@H](O)[C@H](Cc1ccccc1)NC(C(=O)OCc1ccccn1)C(C)C)C(=O)OCc1ccccn1. The van der Waals surface area contributed by atoms with Gasteiger partial charge in [0.1, 0.15) is 25.3 Å². The van der Waals surface area contributed by atoms with Crippen molar-refractivity contribution < 1.29 is 29.3 Å². The van der Waals surface area contributed by atoms with Gasteiger partial charge in [-0.25, -0.2) is 0 Å². The maximum absolute atomic E-state index is 13.4. The largest absolute Gasteiger partial charge is 0.458 e. The van der Waals surface area contributed by atoms with E-state index < -0.39 is 48.3 Å². The summed E-state index contributed by atoms with van der Waals surface area (Å²) in [5.74, 6) is -1.38. The maximum atomic E-state index is 13.4. The Balaban J connectivity index is 1.58. The van der Waals surface area contributed by atoms with Gasteiger partial charge in [-0.2, -0.15) is 0 Å². The molecule has 0 fully saturated rings. The summed E-state index contributed by atoms with van der Waals surface area (Å²) in [7, 11) is 0. The Morgan fingerprint density at radius 1 is 0.580 bits per heavy atom. The van der Waals surface area contributed by atoms with E-state index in [2.05, 4.69) is 20.6 Å². The van der Waals surface area contributed by atoms with E-state index in [-0.39, 0.29) is 25.0 Å². The lowest BCUT2D eigenvalue weighted by atomic mass is 9.89. The molecule has 4 rings (SSSR count). The van der Waals surface area contributed by atoms with Gasteiger partial charge in [-0.1, -0.05) is 100 Å². The summed E-state index contributed by atoms with van der Waals surface area (Å²) in [6, 6.07) is 26.8. The maximum Gasteiger partial charge on any atom is 0.323 e. The summed E-state index contributed by atoms with van der Waals surface area (Å²) in [4.78, 5) is 35.4. The highest BCUT2D eigenvalue weighted by atomic mass is 16.5. The first kappa shape index (κ1) is 38.3. The Morgan fingerprint density at radius 3 is 1.26 bits per heavy atom. The van der Waals surface area contributed by atoms with Crippen molar-refractivity contribution in [3.05, 3.63) is 132 Å². The number of aliphatic hydroxyl groups excluding tert-OH is 2. The number of aliphatic hydroxyl groups is 2. The fourth-order valence-electron chi connectivity index (χ4n) is 5.73. The zero-order valence-corrected chi connectivity index (χ0v) is 29.3. The zero-order chi connectivity index (χ0) is 35.9. The molecule has 0 radical (unpaired) electrons. The molecular weight excluding hydrogens is 632 g/mol.